The summed E-state index contributed by atoms with van der Waals surface area (Å²) < 4.78 is 5.04. The van der Waals surface area contributed by atoms with Crippen molar-refractivity contribution in [2.45, 2.75) is 31.1 Å². The number of aliphatic hydroxyl groups is 1. The zero-order valence-corrected chi connectivity index (χ0v) is 10.8. The van der Waals surface area contributed by atoms with E-state index in [-0.39, 0.29) is 24.3 Å². The van der Waals surface area contributed by atoms with Crippen molar-refractivity contribution >= 4 is 5.69 Å². The lowest BCUT2D eigenvalue weighted by molar-refractivity contribution is -0.542. The average Bonchev–Trinajstić information content (AvgIpc) is 2.37. The van der Waals surface area contributed by atoms with E-state index >= 15 is 0 Å². The molecule has 0 bridgehead atoms. The largest absolute Gasteiger partial charge is 0.366 e. The van der Waals surface area contributed by atoms with E-state index in [1.165, 1.54) is 25.1 Å². The Morgan fingerprint density at radius 1 is 1.35 bits per heavy atom. The van der Waals surface area contributed by atoms with Crippen LogP contribution in [0.15, 0.2) is 24.3 Å². The van der Waals surface area contributed by atoms with Crippen molar-refractivity contribution < 1.29 is 19.7 Å². The van der Waals surface area contributed by atoms with Crippen LogP contribution in [0.3, 0.4) is 0 Å². The van der Waals surface area contributed by atoms with Gasteiger partial charge in [0.05, 0.1) is 10.8 Å². The predicted molar refractivity (Wildman–Crippen MR) is 67.8 cm³/mol. The zero-order valence-electron chi connectivity index (χ0n) is 10.8. The normalized spacial score (nSPS) is 29.9. The quantitative estimate of drug-likeness (QED) is 0.662. The van der Waals surface area contributed by atoms with Crippen LogP contribution in [0.1, 0.15) is 24.8 Å². The van der Waals surface area contributed by atoms with E-state index in [0.717, 1.165) is 0 Å². The van der Waals surface area contributed by atoms with Gasteiger partial charge in [0, 0.05) is 23.0 Å². The zero-order chi connectivity index (χ0) is 14.9. The SMILES string of the molecule is C[C@]1(O)C[C@H](c2ccccc2[N+](=O)[O-])[C@@H]([N+](=O)[O-])CO1. The molecule has 1 N–H and O–H groups in total. The van der Waals surface area contributed by atoms with E-state index in [1.54, 1.807) is 6.07 Å². The predicted octanol–water partition coefficient (Wildman–Crippen LogP) is 1.45. The molecule has 1 aliphatic heterocycles. The molecular formula is C12H14N2O6. The molecule has 0 unspecified atom stereocenters. The first-order valence-electron chi connectivity index (χ1n) is 6.05. The highest BCUT2D eigenvalue weighted by Gasteiger charge is 2.46. The van der Waals surface area contributed by atoms with E-state index in [2.05, 4.69) is 0 Å². The molecule has 0 spiro atoms. The summed E-state index contributed by atoms with van der Waals surface area (Å²) in [6.45, 7) is 1.11. The van der Waals surface area contributed by atoms with E-state index in [9.17, 15) is 25.3 Å². The minimum Gasteiger partial charge on any atom is -0.366 e. The van der Waals surface area contributed by atoms with Crippen LogP contribution in [0.4, 0.5) is 5.69 Å². The first-order chi connectivity index (χ1) is 9.32. The highest BCUT2D eigenvalue weighted by atomic mass is 16.7. The van der Waals surface area contributed by atoms with Crippen molar-refractivity contribution in [3.05, 3.63) is 50.1 Å². The van der Waals surface area contributed by atoms with Gasteiger partial charge in [0.2, 0.25) is 6.04 Å². The molecule has 1 aliphatic rings. The fraction of sp³-hybridized carbons (Fsp3) is 0.500. The minimum absolute atomic E-state index is 0.0660. The molecule has 8 heteroatoms. The van der Waals surface area contributed by atoms with Crippen molar-refractivity contribution in [3.8, 4) is 0 Å². The standard InChI is InChI=1S/C12H14N2O6/c1-12(15)6-9(11(7-20-12)14(18)19)8-4-2-3-5-10(8)13(16)17/h2-5,9,11,15H,6-7H2,1H3/t9-,11+,12-/m1/s1. The van der Waals surface area contributed by atoms with Gasteiger partial charge in [-0.3, -0.25) is 20.2 Å². The fourth-order valence-electron chi connectivity index (χ4n) is 2.48. The van der Waals surface area contributed by atoms with Crippen molar-refractivity contribution in [1.29, 1.82) is 0 Å². The first-order valence-corrected chi connectivity index (χ1v) is 6.05. The third kappa shape index (κ3) is 2.75. The Bertz CT molecular complexity index is 545. The maximum absolute atomic E-state index is 11.1. The van der Waals surface area contributed by atoms with Crippen molar-refractivity contribution in [2.24, 2.45) is 0 Å². The third-order valence-corrected chi connectivity index (χ3v) is 3.43. The highest BCUT2D eigenvalue weighted by molar-refractivity contribution is 5.43. The molecule has 108 valence electrons. The molecule has 1 heterocycles. The Hall–Kier alpha value is -2.06. The number of hydrogen-bond donors (Lipinski definition) is 1. The van der Waals surface area contributed by atoms with Gasteiger partial charge in [0.25, 0.3) is 5.69 Å². The van der Waals surface area contributed by atoms with Gasteiger partial charge in [0.1, 0.15) is 6.61 Å². The van der Waals surface area contributed by atoms with Crippen molar-refractivity contribution in [3.63, 3.8) is 0 Å². The molecule has 1 aromatic carbocycles. The summed E-state index contributed by atoms with van der Waals surface area (Å²) in [6, 6.07) is 4.76. The molecule has 0 aliphatic carbocycles. The summed E-state index contributed by atoms with van der Waals surface area (Å²) in [5, 5.41) is 32.1. The van der Waals surface area contributed by atoms with Gasteiger partial charge in [-0.05, 0) is 6.92 Å². The molecule has 20 heavy (non-hydrogen) atoms. The van der Waals surface area contributed by atoms with E-state index in [4.69, 9.17) is 4.74 Å². The summed E-state index contributed by atoms with van der Waals surface area (Å²) in [5.74, 6) is -2.30. The Morgan fingerprint density at radius 2 is 2.00 bits per heavy atom. The number of nitro benzene ring substituents is 1. The van der Waals surface area contributed by atoms with E-state index in [0.29, 0.717) is 0 Å². The second kappa shape index (κ2) is 5.14. The molecule has 1 saturated heterocycles. The molecule has 0 saturated carbocycles. The smallest absolute Gasteiger partial charge is 0.273 e. The molecule has 3 atom stereocenters. The monoisotopic (exact) mass is 282 g/mol. The fourth-order valence-corrected chi connectivity index (χ4v) is 2.48. The first kappa shape index (κ1) is 14.4. The molecule has 0 aromatic heterocycles. The summed E-state index contributed by atoms with van der Waals surface area (Å²) in [4.78, 5) is 21.1. The van der Waals surface area contributed by atoms with E-state index < -0.39 is 27.6 Å². The van der Waals surface area contributed by atoms with Crippen molar-refractivity contribution in [1.82, 2.24) is 0 Å². The number of ether oxygens (including phenoxy) is 1. The summed E-state index contributed by atoms with van der Waals surface area (Å²) >= 11 is 0. The van der Waals surface area contributed by atoms with Crippen LogP contribution in [0, 0.1) is 20.2 Å². The van der Waals surface area contributed by atoms with Crippen LogP contribution in [-0.2, 0) is 4.74 Å². The second-order valence-electron chi connectivity index (χ2n) is 4.97. The molecule has 2 rings (SSSR count). The van der Waals surface area contributed by atoms with Crippen LogP contribution < -0.4 is 0 Å². The van der Waals surface area contributed by atoms with Gasteiger partial charge in [0.15, 0.2) is 5.79 Å². The molecular weight excluding hydrogens is 268 g/mol. The van der Waals surface area contributed by atoms with Crippen LogP contribution in [0.5, 0.6) is 0 Å². The van der Waals surface area contributed by atoms with Gasteiger partial charge in [-0.15, -0.1) is 0 Å². The minimum atomic E-state index is -1.53. The summed E-state index contributed by atoms with van der Waals surface area (Å²) in [7, 11) is 0. The number of nitro groups is 2. The Kier molecular flexibility index (Phi) is 3.69. The summed E-state index contributed by atoms with van der Waals surface area (Å²) in [5.41, 5.74) is 0.0739. The molecule has 0 radical (unpaired) electrons. The number of hydrogen-bond acceptors (Lipinski definition) is 6. The van der Waals surface area contributed by atoms with Crippen molar-refractivity contribution in [2.75, 3.05) is 6.61 Å². The van der Waals surface area contributed by atoms with E-state index in [1.807, 2.05) is 0 Å². The molecule has 1 fully saturated rings. The Labute approximate surface area is 114 Å². The second-order valence-corrected chi connectivity index (χ2v) is 4.97. The molecule has 8 nitrogen and oxygen atoms in total. The molecule has 1 aromatic rings. The number of nitrogens with zero attached hydrogens (tertiary/aromatic N) is 2. The molecule has 0 amide bonds. The third-order valence-electron chi connectivity index (χ3n) is 3.43. The van der Waals surface area contributed by atoms with Crippen LogP contribution >= 0.6 is 0 Å². The lowest BCUT2D eigenvalue weighted by atomic mass is 9.83. The number of para-hydroxylation sites is 1. The Balaban J connectivity index is 2.45. The van der Waals surface area contributed by atoms with Gasteiger partial charge in [-0.1, -0.05) is 18.2 Å². The number of benzene rings is 1. The van der Waals surface area contributed by atoms with Crippen LogP contribution in [-0.4, -0.2) is 33.4 Å². The van der Waals surface area contributed by atoms with Gasteiger partial charge >= 0.3 is 0 Å². The maximum atomic E-state index is 11.1. The number of rotatable bonds is 3. The van der Waals surface area contributed by atoms with Gasteiger partial charge in [-0.25, -0.2) is 0 Å². The van der Waals surface area contributed by atoms with Gasteiger partial charge < -0.3 is 9.84 Å². The van der Waals surface area contributed by atoms with Crippen LogP contribution in [0.2, 0.25) is 0 Å². The average molecular weight is 282 g/mol. The maximum Gasteiger partial charge on any atom is 0.273 e. The van der Waals surface area contributed by atoms with Crippen LogP contribution in [0.25, 0.3) is 0 Å². The lowest BCUT2D eigenvalue weighted by Gasteiger charge is -2.35. The van der Waals surface area contributed by atoms with Gasteiger partial charge in [-0.2, -0.15) is 0 Å². The summed E-state index contributed by atoms with van der Waals surface area (Å²) in [6.07, 6.45) is -0.0660. The Morgan fingerprint density at radius 3 is 2.60 bits per heavy atom. The lowest BCUT2D eigenvalue weighted by Crippen LogP contribution is -2.46. The highest BCUT2D eigenvalue weighted by Crippen LogP contribution is 2.39. The topological polar surface area (TPSA) is 116 Å².